The second kappa shape index (κ2) is 9.19. The Hall–Kier alpha value is -3.72. The summed E-state index contributed by atoms with van der Waals surface area (Å²) in [7, 11) is 4.68. The van der Waals surface area contributed by atoms with Crippen LogP contribution in [0, 0.1) is 11.3 Å². The molecule has 0 amide bonds. The van der Waals surface area contributed by atoms with Crippen LogP contribution in [0.3, 0.4) is 0 Å². The Kier molecular flexibility index (Phi) is 6.43. The van der Waals surface area contributed by atoms with Gasteiger partial charge in [-0.15, -0.1) is 0 Å². The number of pyridine rings is 1. The number of aromatic nitrogens is 1. The summed E-state index contributed by atoms with van der Waals surface area (Å²) in [6, 6.07) is 15.8. The third-order valence-electron chi connectivity index (χ3n) is 4.94. The predicted octanol–water partition coefficient (Wildman–Crippen LogP) is 4.85. The smallest absolute Gasteiger partial charge is 0.164 e. The lowest BCUT2D eigenvalue weighted by molar-refractivity contribution is 0.349. The molecule has 0 spiro atoms. The third-order valence-corrected chi connectivity index (χ3v) is 4.94. The van der Waals surface area contributed by atoms with E-state index in [0.717, 1.165) is 18.4 Å². The van der Waals surface area contributed by atoms with E-state index in [1.807, 2.05) is 18.2 Å². The lowest BCUT2D eigenvalue weighted by Crippen LogP contribution is -2.01. The zero-order chi connectivity index (χ0) is 21.7. The highest BCUT2D eigenvalue weighted by molar-refractivity contribution is 5.84. The van der Waals surface area contributed by atoms with Gasteiger partial charge in [-0.25, -0.2) is 4.98 Å². The minimum atomic E-state index is 0.166. The molecule has 0 unspecified atom stereocenters. The molecular weight excluding hydrogens is 378 g/mol. The van der Waals surface area contributed by atoms with Crippen molar-refractivity contribution >= 4 is 5.82 Å². The van der Waals surface area contributed by atoms with Crippen molar-refractivity contribution in [3.8, 4) is 45.7 Å². The first kappa shape index (κ1) is 21.0. The second-order valence-electron chi connectivity index (χ2n) is 6.78. The fourth-order valence-electron chi connectivity index (χ4n) is 3.41. The summed E-state index contributed by atoms with van der Waals surface area (Å²) in [6.07, 6.45) is 2.11. The van der Waals surface area contributed by atoms with Crippen molar-refractivity contribution in [3.05, 3.63) is 53.6 Å². The van der Waals surface area contributed by atoms with Gasteiger partial charge in [0, 0.05) is 22.8 Å². The molecule has 0 aliphatic rings. The molecule has 2 aromatic carbocycles. The van der Waals surface area contributed by atoms with Crippen LogP contribution in [0.5, 0.6) is 17.2 Å². The normalized spacial score (nSPS) is 10.4. The van der Waals surface area contributed by atoms with E-state index >= 15 is 0 Å². The van der Waals surface area contributed by atoms with Crippen LogP contribution in [-0.2, 0) is 6.42 Å². The first-order valence-corrected chi connectivity index (χ1v) is 9.66. The van der Waals surface area contributed by atoms with Crippen molar-refractivity contribution in [1.82, 2.24) is 4.98 Å². The summed E-state index contributed by atoms with van der Waals surface area (Å²) in [5.74, 6) is 1.77. The molecule has 0 aliphatic carbocycles. The number of aryl methyl sites for hydroxylation is 1. The van der Waals surface area contributed by atoms with Gasteiger partial charge in [0.2, 0.25) is 0 Å². The predicted molar refractivity (Wildman–Crippen MR) is 118 cm³/mol. The highest BCUT2D eigenvalue weighted by atomic mass is 16.5. The van der Waals surface area contributed by atoms with E-state index in [1.165, 1.54) is 5.56 Å². The summed E-state index contributed by atoms with van der Waals surface area (Å²) in [4.78, 5) is 4.47. The van der Waals surface area contributed by atoms with Gasteiger partial charge >= 0.3 is 0 Å². The third kappa shape index (κ3) is 4.01. The molecule has 154 valence electrons. The number of anilines is 1. The fourth-order valence-corrected chi connectivity index (χ4v) is 3.41. The summed E-state index contributed by atoms with van der Waals surface area (Å²) >= 11 is 0. The van der Waals surface area contributed by atoms with Crippen molar-refractivity contribution in [2.45, 2.75) is 19.8 Å². The number of nitrogens with zero attached hydrogens (tertiary/aromatic N) is 2. The van der Waals surface area contributed by atoms with Crippen molar-refractivity contribution in [2.75, 3.05) is 27.1 Å². The topological polar surface area (TPSA) is 90.4 Å². The van der Waals surface area contributed by atoms with E-state index in [2.05, 4.69) is 30.1 Å². The first-order valence-electron chi connectivity index (χ1n) is 9.66. The van der Waals surface area contributed by atoms with E-state index in [1.54, 1.807) is 33.5 Å². The van der Waals surface area contributed by atoms with Crippen molar-refractivity contribution in [1.29, 1.82) is 5.26 Å². The molecule has 0 bridgehead atoms. The summed E-state index contributed by atoms with van der Waals surface area (Å²) < 4.78 is 16.4. The van der Waals surface area contributed by atoms with E-state index in [-0.39, 0.29) is 11.4 Å². The van der Waals surface area contributed by atoms with Crippen LogP contribution < -0.4 is 19.9 Å². The van der Waals surface area contributed by atoms with Crippen LogP contribution in [0.1, 0.15) is 24.5 Å². The van der Waals surface area contributed by atoms with Gasteiger partial charge in [-0.05, 0) is 24.1 Å². The van der Waals surface area contributed by atoms with Gasteiger partial charge in [-0.2, -0.15) is 5.26 Å². The molecule has 0 saturated heterocycles. The quantitative estimate of drug-likeness (QED) is 0.607. The number of rotatable bonds is 7. The maximum atomic E-state index is 9.74. The molecular formula is C24H25N3O3. The SMILES string of the molecule is CCCc1ccc(-c2cc(-c3cc(OC)c(OC)cc3OC)c(C#N)c(N)n2)cc1. The molecule has 6 nitrogen and oxygen atoms in total. The Balaban J connectivity index is 2.21. The number of nitrogen functional groups attached to an aromatic ring is 1. The largest absolute Gasteiger partial charge is 0.496 e. The van der Waals surface area contributed by atoms with Crippen LogP contribution in [0.4, 0.5) is 5.82 Å². The molecule has 0 saturated carbocycles. The van der Waals surface area contributed by atoms with E-state index < -0.39 is 0 Å². The van der Waals surface area contributed by atoms with E-state index in [4.69, 9.17) is 19.9 Å². The molecule has 6 heteroatoms. The second-order valence-corrected chi connectivity index (χ2v) is 6.78. The molecule has 0 radical (unpaired) electrons. The van der Waals surface area contributed by atoms with Crippen molar-refractivity contribution in [2.24, 2.45) is 0 Å². The Morgan fingerprint density at radius 3 is 2.10 bits per heavy atom. The number of ether oxygens (including phenoxy) is 3. The molecule has 30 heavy (non-hydrogen) atoms. The Morgan fingerprint density at radius 1 is 0.900 bits per heavy atom. The first-order chi connectivity index (χ1) is 14.6. The summed E-state index contributed by atoms with van der Waals surface area (Å²) in [6.45, 7) is 2.15. The summed E-state index contributed by atoms with van der Waals surface area (Å²) in [5.41, 5.74) is 10.6. The Bertz CT molecular complexity index is 1090. The molecule has 0 fully saturated rings. The number of hydrogen-bond acceptors (Lipinski definition) is 6. The monoisotopic (exact) mass is 403 g/mol. The number of methoxy groups -OCH3 is 3. The maximum absolute atomic E-state index is 9.74. The lowest BCUT2D eigenvalue weighted by atomic mass is 9.96. The highest BCUT2D eigenvalue weighted by Gasteiger charge is 2.19. The lowest BCUT2D eigenvalue weighted by Gasteiger charge is -2.16. The van der Waals surface area contributed by atoms with Crippen molar-refractivity contribution < 1.29 is 14.2 Å². The molecule has 3 aromatic rings. The minimum absolute atomic E-state index is 0.166. The van der Waals surface area contributed by atoms with Gasteiger partial charge in [0.05, 0.1) is 27.0 Å². The van der Waals surface area contributed by atoms with E-state index in [9.17, 15) is 5.26 Å². The maximum Gasteiger partial charge on any atom is 0.164 e. The van der Waals surface area contributed by atoms with Crippen LogP contribution in [0.25, 0.3) is 22.4 Å². The van der Waals surface area contributed by atoms with Gasteiger partial charge in [0.1, 0.15) is 23.2 Å². The van der Waals surface area contributed by atoms with Gasteiger partial charge in [0.25, 0.3) is 0 Å². The standard InChI is InChI=1S/C24H25N3O3/c1-5-6-15-7-9-16(10-8-15)20-11-17(19(14-25)24(26)27-20)18-12-22(29-3)23(30-4)13-21(18)28-2/h7-13H,5-6H2,1-4H3,(H2,26,27). The Labute approximate surface area is 176 Å². The number of benzene rings is 2. The van der Waals surface area contributed by atoms with Crippen LogP contribution in [0.15, 0.2) is 42.5 Å². The molecule has 0 atom stereocenters. The molecule has 0 aliphatic heterocycles. The van der Waals surface area contributed by atoms with Crippen molar-refractivity contribution in [3.63, 3.8) is 0 Å². The van der Waals surface area contributed by atoms with E-state index in [0.29, 0.717) is 34.1 Å². The van der Waals surface area contributed by atoms with Crippen LogP contribution in [-0.4, -0.2) is 26.3 Å². The fraction of sp³-hybridized carbons (Fsp3) is 0.250. The van der Waals surface area contributed by atoms with Gasteiger partial charge in [0.15, 0.2) is 11.5 Å². The molecule has 1 heterocycles. The van der Waals surface area contributed by atoms with Gasteiger partial charge in [-0.1, -0.05) is 37.6 Å². The van der Waals surface area contributed by atoms with Crippen LogP contribution in [0.2, 0.25) is 0 Å². The highest BCUT2D eigenvalue weighted by Crippen LogP contribution is 2.42. The zero-order valence-electron chi connectivity index (χ0n) is 17.7. The summed E-state index contributed by atoms with van der Waals surface area (Å²) in [5, 5.41) is 9.74. The Morgan fingerprint density at radius 2 is 1.53 bits per heavy atom. The molecule has 1 aromatic heterocycles. The average molecular weight is 403 g/mol. The van der Waals surface area contributed by atoms with Gasteiger partial charge in [-0.3, -0.25) is 0 Å². The number of nitrogens with two attached hydrogens (primary N) is 1. The van der Waals surface area contributed by atoms with Crippen LogP contribution >= 0.6 is 0 Å². The molecule has 3 rings (SSSR count). The number of hydrogen-bond donors (Lipinski definition) is 1. The van der Waals surface area contributed by atoms with Gasteiger partial charge < -0.3 is 19.9 Å². The average Bonchev–Trinajstić information content (AvgIpc) is 2.78. The minimum Gasteiger partial charge on any atom is -0.496 e. The molecule has 2 N–H and O–H groups in total. The zero-order valence-corrected chi connectivity index (χ0v) is 17.7. The number of nitriles is 1.